The van der Waals surface area contributed by atoms with Crippen LogP contribution in [0.5, 0.6) is 0 Å². The van der Waals surface area contributed by atoms with E-state index >= 15 is 0 Å². The number of amides is 1. The predicted octanol–water partition coefficient (Wildman–Crippen LogP) is 0.837. The summed E-state index contributed by atoms with van der Waals surface area (Å²) < 4.78 is 60.2. The van der Waals surface area contributed by atoms with Crippen molar-refractivity contribution in [3.8, 4) is 0 Å². The predicted molar refractivity (Wildman–Crippen MR) is 123 cm³/mol. The van der Waals surface area contributed by atoms with Crippen molar-refractivity contribution in [3.05, 3.63) is 44.6 Å². The van der Waals surface area contributed by atoms with Crippen LogP contribution in [0.4, 0.5) is 18.9 Å². The van der Waals surface area contributed by atoms with Crippen molar-refractivity contribution in [2.45, 2.75) is 23.9 Å². The summed E-state index contributed by atoms with van der Waals surface area (Å²) in [6.07, 6.45) is -5.08. The number of sulfonamides is 1. The van der Waals surface area contributed by atoms with Crippen LogP contribution in [-0.2, 0) is 31.0 Å². The van der Waals surface area contributed by atoms with Crippen molar-refractivity contribution in [2.75, 3.05) is 17.9 Å². The van der Waals surface area contributed by atoms with Crippen molar-refractivity contribution in [2.24, 2.45) is 5.73 Å². The Kier molecular flexibility index (Phi) is 11.2. The summed E-state index contributed by atoms with van der Waals surface area (Å²) in [4.78, 5) is 38.4. The number of pyridine rings is 1. The van der Waals surface area contributed by atoms with E-state index in [0.29, 0.717) is 10.0 Å². The van der Waals surface area contributed by atoms with E-state index in [1.165, 1.54) is 24.3 Å². The molecule has 0 aliphatic carbocycles. The van der Waals surface area contributed by atoms with Crippen molar-refractivity contribution >= 4 is 56.5 Å². The fourth-order valence-corrected chi connectivity index (χ4v) is 4.69. The standard InChI is InChI=1S/C15H19ClN6O5S2.C2HF3O2/c1-9-2-3-10(21-29(25,26)13-5-4-11(16)28-13)14(24)22(9)8-12(23)19-6-7-27-20-15(17)18;3-2(4,5)1(6)7/h2-5,21H,6-8H2,1H3,(H,19,23)(H4,17,18,20);(H,6,7). The van der Waals surface area contributed by atoms with Crippen LogP contribution in [0.3, 0.4) is 0 Å². The maximum atomic E-state index is 12.7. The highest BCUT2D eigenvalue weighted by atomic mass is 35.5. The third kappa shape index (κ3) is 10.1. The lowest BCUT2D eigenvalue weighted by Crippen LogP contribution is -2.37. The lowest BCUT2D eigenvalue weighted by molar-refractivity contribution is -0.192. The van der Waals surface area contributed by atoms with Gasteiger partial charge >= 0.3 is 12.1 Å². The molecule has 0 fully saturated rings. The van der Waals surface area contributed by atoms with Crippen LogP contribution >= 0.6 is 22.9 Å². The first kappa shape index (κ1) is 30.7. The number of carbonyl (C=O) groups is 2. The molecule has 0 saturated heterocycles. The van der Waals surface area contributed by atoms with E-state index in [4.69, 9.17) is 37.5 Å². The number of aryl methyl sites for hydroxylation is 1. The molecular formula is C17H20ClF3N6O7S2. The summed E-state index contributed by atoms with van der Waals surface area (Å²) >= 11 is 6.62. The molecule has 2 aromatic heterocycles. The molecular weight excluding hydrogens is 557 g/mol. The lowest BCUT2D eigenvalue weighted by atomic mass is 10.3. The van der Waals surface area contributed by atoms with Crippen LogP contribution in [0.2, 0.25) is 4.34 Å². The summed E-state index contributed by atoms with van der Waals surface area (Å²) in [5.41, 5.74) is 6.76. The van der Waals surface area contributed by atoms with Gasteiger partial charge in [-0.2, -0.15) is 13.2 Å². The maximum Gasteiger partial charge on any atom is 0.490 e. The van der Waals surface area contributed by atoms with Gasteiger partial charge in [-0.15, -0.1) is 11.3 Å². The zero-order chi connectivity index (χ0) is 27.7. The highest BCUT2D eigenvalue weighted by Gasteiger charge is 2.38. The van der Waals surface area contributed by atoms with Gasteiger partial charge in [-0.05, 0) is 31.2 Å². The first-order chi connectivity index (χ1) is 16.5. The molecule has 2 heterocycles. The van der Waals surface area contributed by atoms with Gasteiger partial charge in [0, 0.05) is 12.2 Å². The molecule has 0 unspecified atom stereocenters. The average molecular weight is 577 g/mol. The number of hydrogen-bond donors (Lipinski definition) is 6. The Hall–Kier alpha value is -3.35. The molecule has 0 saturated carbocycles. The Bertz CT molecular complexity index is 1260. The van der Waals surface area contributed by atoms with E-state index in [1.807, 2.05) is 0 Å². The molecule has 0 aliphatic rings. The third-order valence-corrected chi connectivity index (χ3v) is 6.79. The molecule has 0 bridgehead atoms. The molecule has 0 radical (unpaired) electrons. The number of carboxylic acids is 1. The van der Waals surface area contributed by atoms with E-state index in [9.17, 15) is 31.2 Å². The second-order valence-electron chi connectivity index (χ2n) is 6.46. The Morgan fingerprint density at radius 1 is 1.28 bits per heavy atom. The van der Waals surface area contributed by atoms with Gasteiger partial charge in [0.1, 0.15) is 16.4 Å². The Balaban J connectivity index is 0.000000809. The molecule has 1 amide bonds. The van der Waals surface area contributed by atoms with Gasteiger partial charge in [0.05, 0.1) is 10.9 Å². The van der Waals surface area contributed by atoms with Gasteiger partial charge in [-0.1, -0.05) is 11.6 Å². The van der Waals surface area contributed by atoms with Crippen LogP contribution in [0, 0.1) is 12.3 Å². The molecule has 0 atom stereocenters. The molecule has 19 heteroatoms. The Labute approximate surface area is 210 Å². The minimum Gasteiger partial charge on any atom is -0.475 e. The van der Waals surface area contributed by atoms with Gasteiger partial charge in [0.2, 0.25) is 11.9 Å². The highest BCUT2D eigenvalue weighted by Crippen LogP contribution is 2.26. The first-order valence-corrected chi connectivity index (χ1v) is 12.0. The zero-order valence-corrected chi connectivity index (χ0v) is 20.6. The van der Waals surface area contributed by atoms with Gasteiger partial charge in [-0.25, -0.2) is 18.7 Å². The fourth-order valence-electron chi connectivity index (χ4n) is 2.15. The SMILES string of the molecule is Cc1ccc(NS(=O)(=O)c2ccc(Cl)s2)c(=O)n1CC(=O)NCCONC(=N)N.O=C(O)C(F)(F)F. The van der Waals surface area contributed by atoms with Crippen LogP contribution in [-0.4, -0.2) is 55.3 Å². The molecule has 36 heavy (non-hydrogen) atoms. The molecule has 2 aromatic rings. The number of nitrogens with one attached hydrogen (secondary N) is 4. The number of anilines is 1. The monoisotopic (exact) mass is 576 g/mol. The second kappa shape index (κ2) is 13.1. The lowest BCUT2D eigenvalue weighted by Gasteiger charge is -2.13. The number of alkyl halides is 3. The van der Waals surface area contributed by atoms with Crippen LogP contribution < -0.4 is 26.8 Å². The number of aliphatic carboxylic acids is 1. The second-order valence-corrected chi connectivity index (χ2v) is 10.1. The molecule has 200 valence electrons. The van der Waals surface area contributed by atoms with Crippen LogP contribution in [0.15, 0.2) is 33.3 Å². The number of nitrogens with two attached hydrogens (primary N) is 1. The normalized spacial score (nSPS) is 11.1. The number of rotatable bonds is 9. The molecule has 0 spiro atoms. The number of hydroxylamine groups is 1. The summed E-state index contributed by atoms with van der Waals surface area (Å²) in [6, 6.07) is 5.63. The molecule has 13 nitrogen and oxygen atoms in total. The Morgan fingerprint density at radius 2 is 1.89 bits per heavy atom. The number of guanidine groups is 1. The molecule has 0 aliphatic heterocycles. The summed E-state index contributed by atoms with van der Waals surface area (Å²) in [6.45, 7) is 1.46. The third-order valence-electron chi connectivity index (χ3n) is 3.70. The number of nitrogens with zero attached hydrogens (tertiary/aromatic N) is 1. The van der Waals surface area contributed by atoms with E-state index in [-0.39, 0.29) is 35.6 Å². The topological polar surface area (TPSA) is 206 Å². The van der Waals surface area contributed by atoms with E-state index in [2.05, 4.69) is 15.5 Å². The van der Waals surface area contributed by atoms with Crippen molar-refractivity contribution < 1.29 is 41.1 Å². The van der Waals surface area contributed by atoms with E-state index < -0.39 is 33.6 Å². The average Bonchev–Trinajstić information content (AvgIpc) is 3.20. The Morgan fingerprint density at radius 3 is 2.39 bits per heavy atom. The number of carboxylic acid groups (broad SMARTS) is 1. The largest absolute Gasteiger partial charge is 0.490 e. The van der Waals surface area contributed by atoms with Crippen molar-refractivity contribution in [3.63, 3.8) is 0 Å². The minimum absolute atomic E-state index is 0.0362. The summed E-state index contributed by atoms with van der Waals surface area (Å²) in [5, 5.41) is 16.6. The maximum absolute atomic E-state index is 12.7. The quantitative estimate of drug-likeness (QED) is 0.108. The van der Waals surface area contributed by atoms with Crippen molar-refractivity contribution in [1.82, 2.24) is 15.4 Å². The molecule has 2 rings (SSSR count). The summed E-state index contributed by atoms with van der Waals surface area (Å²) in [5.74, 6) is -3.61. The van der Waals surface area contributed by atoms with Gasteiger partial charge < -0.3 is 20.7 Å². The van der Waals surface area contributed by atoms with Gasteiger partial charge in [0.15, 0.2) is 0 Å². The van der Waals surface area contributed by atoms with Crippen LogP contribution in [0.25, 0.3) is 0 Å². The molecule has 7 N–H and O–H groups in total. The number of aromatic nitrogens is 1. The summed E-state index contributed by atoms with van der Waals surface area (Å²) in [7, 11) is -3.98. The van der Waals surface area contributed by atoms with E-state index in [0.717, 1.165) is 15.9 Å². The highest BCUT2D eigenvalue weighted by molar-refractivity contribution is 7.94. The first-order valence-electron chi connectivity index (χ1n) is 9.32. The molecule has 0 aromatic carbocycles. The van der Waals surface area contributed by atoms with Gasteiger partial charge in [0.25, 0.3) is 15.6 Å². The van der Waals surface area contributed by atoms with Gasteiger partial charge in [-0.3, -0.25) is 24.6 Å². The number of hydrogen-bond acceptors (Lipinski definition) is 8. The number of thiophene rings is 1. The van der Waals surface area contributed by atoms with Crippen molar-refractivity contribution in [1.29, 1.82) is 5.41 Å². The van der Waals surface area contributed by atoms with E-state index in [1.54, 1.807) is 6.92 Å². The zero-order valence-electron chi connectivity index (χ0n) is 18.2. The fraction of sp³-hybridized carbons (Fsp3) is 0.294. The number of carbonyl (C=O) groups excluding carboxylic acids is 1. The number of halogens is 4. The van der Waals surface area contributed by atoms with Crippen LogP contribution in [0.1, 0.15) is 5.69 Å². The smallest absolute Gasteiger partial charge is 0.475 e. The minimum atomic E-state index is -5.08.